The Bertz CT molecular complexity index is 828. The fraction of sp³-hybridized carbons (Fsp3) is 0.333. The standard InChI is InChI=1S/C21H23BrN2O3/c1-15-4-3-5-19(16(15)2)27-14-20(25)23-10-12-24(13-11-23)21(26)17-6-8-18(22)9-7-17/h3-9H,10-14H2,1-2H3. The number of hydrogen-bond donors (Lipinski definition) is 0. The number of halogens is 1. The molecule has 1 saturated heterocycles. The fourth-order valence-corrected chi connectivity index (χ4v) is 3.31. The van der Waals surface area contributed by atoms with Crippen LogP contribution in [0.15, 0.2) is 46.9 Å². The molecule has 6 heteroatoms. The zero-order valence-electron chi connectivity index (χ0n) is 15.6. The van der Waals surface area contributed by atoms with Crippen LogP contribution in [0.25, 0.3) is 0 Å². The van der Waals surface area contributed by atoms with Crippen LogP contribution in [0.5, 0.6) is 5.75 Å². The highest BCUT2D eigenvalue weighted by Gasteiger charge is 2.25. The maximum absolute atomic E-state index is 12.6. The number of carbonyl (C=O) groups is 2. The minimum absolute atomic E-state index is 0.00114. The number of nitrogens with zero attached hydrogens (tertiary/aromatic N) is 2. The molecule has 27 heavy (non-hydrogen) atoms. The average molecular weight is 431 g/mol. The summed E-state index contributed by atoms with van der Waals surface area (Å²) in [5.41, 5.74) is 2.85. The number of piperazine rings is 1. The predicted molar refractivity (Wildman–Crippen MR) is 108 cm³/mol. The lowest BCUT2D eigenvalue weighted by molar-refractivity contribution is -0.134. The fourth-order valence-electron chi connectivity index (χ4n) is 3.05. The van der Waals surface area contributed by atoms with E-state index in [-0.39, 0.29) is 18.4 Å². The summed E-state index contributed by atoms with van der Waals surface area (Å²) in [7, 11) is 0. The second kappa shape index (κ2) is 8.57. The Morgan fingerprint density at radius 2 is 1.59 bits per heavy atom. The molecule has 0 spiro atoms. The summed E-state index contributed by atoms with van der Waals surface area (Å²) in [4.78, 5) is 28.5. The van der Waals surface area contributed by atoms with Crippen molar-refractivity contribution in [2.24, 2.45) is 0 Å². The quantitative estimate of drug-likeness (QED) is 0.746. The van der Waals surface area contributed by atoms with Crippen LogP contribution in [0.2, 0.25) is 0 Å². The van der Waals surface area contributed by atoms with Gasteiger partial charge in [0.1, 0.15) is 5.75 Å². The molecule has 1 heterocycles. The van der Waals surface area contributed by atoms with Crippen LogP contribution < -0.4 is 4.74 Å². The van der Waals surface area contributed by atoms with Gasteiger partial charge in [-0.05, 0) is 55.3 Å². The van der Waals surface area contributed by atoms with Crippen LogP contribution in [-0.2, 0) is 4.79 Å². The Hall–Kier alpha value is -2.34. The maximum Gasteiger partial charge on any atom is 0.260 e. The number of benzene rings is 2. The van der Waals surface area contributed by atoms with Gasteiger partial charge in [0.2, 0.25) is 0 Å². The van der Waals surface area contributed by atoms with Gasteiger partial charge in [0.15, 0.2) is 6.61 Å². The van der Waals surface area contributed by atoms with Gasteiger partial charge in [0.25, 0.3) is 11.8 Å². The minimum atomic E-state index is -0.0494. The topological polar surface area (TPSA) is 49.9 Å². The molecular formula is C21H23BrN2O3. The normalized spacial score (nSPS) is 14.2. The molecule has 1 aliphatic heterocycles. The first kappa shape index (κ1) is 19.4. The summed E-state index contributed by atoms with van der Waals surface area (Å²) < 4.78 is 6.65. The van der Waals surface area contributed by atoms with Gasteiger partial charge >= 0.3 is 0 Å². The van der Waals surface area contributed by atoms with Crippen LogP contribution in [0, 0.1) is 13.8 Å². The molecule has 2 amide bonds. The largest absolute Gasteiger partial charge is 0.483 e. The van der Waals surface area contributed by atoms with Gasteiger partial charge in [-0.3, -0.25) is 9.59 Å². The molecule has 0 aromatic heterocycles. The first-order valence-corrected chi connectivity index (χ1v) is 9.76. The van der Waals surface area contributed by atoms with E-state index in [1.54, 1.807) is 9.80 Å². The maximum atomic E-state index is 12.6. The second-order valence-corrected chi connectivity index (χ2v) is 7.58. The highest BCUT2D eigenvalue weighted by Crippen LogP contribution is 2.20. The molecule has 0 atom stereocenters. The molecule has 1 fully saturated rings. The first-order chi connectivity index (χ1) is 13.0. The van der Waals surface area contributed by atoms with Crippen LogP contribution >= 0.6 is 15.9 Å². The Balaban J connectivity index is 1.51. The van der Waals surface area contributed by atoms with Crippen molar-refractivity contribution in [2.45, 2.75) is 13.8 Å². The van der Waals surface area contributed by atoms with Crippen LogP contribution in [0.1, 0.15) is 21.5 Å². The zero-order valence-corrected chi connectivity index (χ0v) is 17.2. The van der Waals surface area contributed by atoms with Gasteiger partial charge in [-0.2, -0.15) is 0 Å². The molecule has 1 aliphatic rings. The molecule has 0 unspecified atom stereocenters. The van der Waals surface area contributed by atoms with Gasteiger partial charge in [-0.25, -0.2) is 0 Å². The zero-order chi connectivity index (χ0) is 19.4. The first-order valence-electron chi connectivity index (χ1n) is 8.97. The van der Waals surface area contributed by atoms with E-state index in [0.717, 1.165) is 21.3 Å². The third-order valence-electron chi connectivity index (χ3n) is 4.92. The molecule has 2 aromatic carbocycles. The van der Waals surface area contributed by atoms with Gasteiger partial charge < -0.3 is 14.5 Å². The van der Waals surface area contributed by atoms with E-state index >= 15 is 0 Å². The van der Waals surface area contributed by atoms with Crippen molar-refractivity contribution < 1.29 is 14.3 Å². The van der Waals surface area contributed by atoms with Gasteiger partial charge in [0, 0.05) is 36.2 Å². The van der Waals surface area contributed by atoms with Crippen molar-refractivity contribution in [3.8, 4) is 5.75 Å². The number of hydrogen-bond acceptors (Lipinski definition) is 3. The second-order valence-electron chi connectivity index (χ2n) is 6.67. The molecule has 3 rings (SSSR count). The minimum Gasteiger partial charge on any atom is -0.483 e. The smallest absolute Gasteiger partial charge is 0.260 e. The van der Waals surface area contributed by atoms with Crippen LogP contribution in [0.3, 0.4) is 0 Å². The van der Waals surface area contributed by atoms with Crippen molar-refractivity contribution >= 4 is 27.7 Å². The summed E-state index contributed by atoms with van der Waals surface area (Å²) in [6, 6.07) is 13.2. The lowest BCUT2D eigenvalue weighted by Gasteiger charge is -2.34. The molecule has 5 nitrogen and oxygen atoms in total. The summed E-state index contributed by atoms with van der Waals surface area (Å²) in [6.45, 7) is 6.14. The lowest BCUT2D eigenvalue weighted by Crippen LogP contribution is -2.51. The van der Waals surface area contributed by atoms with E-state index in [0.29, 0.717) is 31.7 Å². The molecule has 142 valence electrons. The Kier molecular flexibility index (Phi) is 6.16. The van der Waals surface area contributed by atoms with Gasteiger partial charge in [-0.15, -0.1) is 0 Å². The number of rotatable bonds is 4. The van der Waals surface area contributed by atoms with E-state index in [1.807, 2.05) is 56.3 Å². The van der Waals surface area contributed by atoms with Crippen molar-refractivity contribution in [1.29, 1.82) is 0 Å². The number of ether oxygens (including phenoxy) is 1. The van der Waals surface area contributed by atoms with Gasteiger partial charge in [0.05, 0.1) is 0 Å². The molecule has 0 saturated carbocycles. The van der Waals surface area contributed by atoms with E-state index in [4.69, 9.17) is 4.74 Å². The van der Waals surface area contributed by atoms with Crippen LogP contribution in [-0.4, -0.2) is 54.4 Å². The SMILES string of the molecule is Cc1cccc(OCC(=O)N2CCN(C(=O)c3ccc(Br)cc3)CC2)c1C. The van der Waals surface area contributed by atoms with Crippen molar-refractivity contribution in [3.63, 3.8) is 0 Å². The molecule has 2 aromatic rings. The molecule has 0 aliphatic carbocycles. The van der Waals surface area contributed by atoms with E-state index in [2.05, 4.69) is 15.9 Å². The summed E-state index contributed by atoms with van der Waals surface area (Å²) in [5.74, 6) is 0.695. The molecule has 0 radical (unpaired) electrons. The highest BCUT2D eigenvalue weighted by molar-refractivity contribution is 9.10. The van der Waals surface area contributed by atoms with E-state index in [1.165, 1.54) is 0 Å². The summed E-state index contributed by atoms with van der Waals surface area (Å²) in [6.07, 6.45) is 0. The van der Waals surface area contributed by atoms with Gasteiger partial charge in [-0.1, -0.05) is 28.1 Å². The number of carbonyl (C=O) groups excluding carboxylic acids is 2. The molecular weight excluding hydrogens is 408 g/mol. The van der Waals surface area contributed by atoms with Crippen molar-refractivity contribution in [1.82, 2.24) is 9.80 Å². The molecule has 0 N–H and O–H groups in total. The Morgan fingerprint density at radius 3 is 2.26 bits per heavy atom. The summed E-state index contributed by atoms with van der Waals surface area (Å²) in [5, 5.41) is 0. The Labute approximate surface area is 168 Å². The summed E-state index contributed by atoms with van der Waals surface area (Å²) >= 11 is 3.37. The lowest BCUT2D eigenvalue weighted by atomic mass is 10.1. The van der Waals surface area contributed by atoms with E-state index in [9.17, 15) is 9.59 Å². The van der Waals surface area contributed by atoms with Crippen molar-refractivity contribution in [2.75, 3.05) is 32.8 Å². The number of amides is 2. The third kappa shape index (κ3) is 4.69. The monoisotopic (exact) mass is 430 g/mol. The highest BCUT2D eigenvalue weighted by atomic mass is 79.9. The molecule has 0 bridgehead atoms. The van der Waals surface area contributed by atoms with Crippen LogP contribution in [0.4, 0.5) is 0 Å². The Morgan fingerprint density at radius 1 is 0.963 bits per heavy atom. The number of aryl methyl sites for hydroxylation is 1. The van der Waals surface area contributed by atoms with E-state index < -0.39 is 0 Å². The van der Waals surface area contributed by atoms with Crippen molar-refractivity contribution in [3.05, 3.63) is 63.6 Å². The predicted octanol–water partition coefficient (Wildman–Crippen LogP) is 3.43. The average Bonchev–Trinajstić information content (AvgIpc) is 2.69. The third-order valence-corrected chi connectivity index (χ3v) is 5.45.